The van der Waals surface area contributed by atoms with Crippen molar-refractivity contribution in [2.24, 2.45) is 0 Å². The Hall–Kier alpha value is -1.71. The van der Waals surface area contributed by atoms with Crippen LogP contribution >= 0.6 is 0 Å². The number of aliphatic hydroxyl groups is 1. The predicted octanol–water partition coefficient (Wildman–Crippen LogP) is 0.613. The topological polar surface area (TPSA) is 116 Å². The lowest BCUT2D eigenvalue weighted by Crippen LogP contribution is -2.12. The van der Waals surface area contributed by atoms with Gasteiger partial charge in [-0.25, -0.2) is 0 Å². The van der Waals surface area contributed by atoms with Crippen LogP contribution in [0.25, 0.3) is 0 Å². The predicted molar refractivity (Wildman–Crippen MR) is 65.4 cm³/mol. The molecule has 0 aliphatic heterocycles. The van der Waals surface area contributed by atoms with E-state index in [4.69, 9.17) is 4.74 Å². The lowest BCUT2D eigenvalue weighted by atomic mass is 10.1. The highest BCUT2D eigenvalue weighted by molar-refractivity contribution is 7.85. The number of aliphatic hydroxyl groups excluding tert-OH is 1. The molecule has 0 unspecified atom stereocenters. The highest BCUT2D eigenvalue weighted by Crippen LogP contribution is 2.29. The van der Waals surface area contributed by atoms with E-state index in [0.717, 1.165) is 12.3 Å². The molecule has 1 aromatic rings. The maximum absolute atomic E-state index is 10.8. The van der Waals surface area contributed by atoms with E-state index < -0.39 is 27.8 Å². The first-order valence-corrected chi connectivity index (χ1v) is 6.91. The molecule has 106 valence electrons. The van der Waals surface area contributed by atoms with E-state index in [1.165, 1.54) is 19.2 Å². The first-order chi connectivity index (χ1) is 8.74. The van der Waals surface area contributed by atoms with E-state index in [1.807, 2.05) is 0 Å². The van der Waals surface area contributed by atoms with Crippen LogP contribution in [0.5, 0.6) is 5.75 Å². The van der Waals surface area contributed by atoms with Crippen LogP contribution in [0.4, 0.5) is 5.69 Å². The Balaban J connectivity index is 2.95. The Labute approximate surface area is 109 Å². The summed E-state index contributed by atoms with van der Waals surface area (Å²) in [5, 5.41) is 20.5. The molecule has 0 aliphatic rings. The van der Waals surface area contributed by atoms with Gasteiger partial charge in [0.15, 0.2) is 5.75 Å². The molecule has 0 amide bonds. The van der Waals surface area contributed by atoms with Crippen LogP contribution in [0.2, 0.25) is 0 Å². The SMILES string of the molecule is COc1ccc([C@@H](O)COS(C)(=O)=O)cc1[N+](=O)[O-]. The Morgan fingerprint density at radius 2 is 2.11 bits per heavy atom. The maximum Gasteiger partial charge on any atom is 0.311 e. The zero-order valence-corrected chi connectivity index (χ0v) is 11.1. The summed E-state index contributed by atoms with van der Waals surface area (Å²) >= 11 is 0. The Morgan fingerprint density at radius 3 is 2.58 bits per heavy atom. The first kappa shape index (κ1) is 15.3. The third kappa shape index (κ3) is 4.47. The van der Waals surface area contributed by atoms with E-state index >= 15 is 0 Å². The number of methoxy groups -OCH3 is 1. The molecular weight excluding hydrogens is 278 g/mol. The van der Waals surface area contributed by atoms with Crippen molar-refractivity contribution < 1.29 is 27.4 Å². The third-order valence-corrected chi connectivity index (χ3v) is 2.79. The van der Waals surface area contributed by atoms with Gasteiger partial charge in [-0.15, -0.1) is 0 Å². The van der Waals surface area contributed by atoms with Crippen LogP contribution in [0.3, 0.4) is 0 Å². The number of hydrogen-bond donors (Lipinski definition) is 1. The van der Waals surface area contributed by atoms with Crippen LogP contribution in [0, 0.1) is 10.1 Å². The minimum atomic E-state index is -3.69. The molecule has 0 saturated carbocycles. The summed E-state index contributed by atoms with van der Waals surface area (Å²) in [4.78, 5) is 10.1. The van der Waals surface area contributed by atoms with Gasteiger partial charge in [-0.2, -0.15) is 8.42 Å². The molecule has 0 aliphatic carbocycles. The molecule has 0 radical (unpaired) electrons. The summed E-state index contributed by atoms with van der Waals surface area (Å²) in [6.07, 6.45) is -0.449. The Morgan fingerprint density at radius 1 is 1.47 bits per heavy atom. The van der Waals surface area contributed by atoms with Gasteiger partial charge in [0.25, 0.3) is 10.1 Å². The number of benzene rings is 1. The standard InChI is InChI=1S/C10H13NO7S/c1-17-10-4-3-7(5-8(10)11(13)14)9(12)6-18-19(2,15)16/h3-5,9,12H,6H2,1-2H3/t9-/m0/s1. The lowest BCUT2D eigenvalue weighted by Gasteiger charge is -2.11. The largest absolute Gasteiger partial charge is 0.490 e. The normalized spacial score (nSPS) is 13.0. The van der Waals surface area contributed by atoms with Crippen molar-refractivity contribution >= 4 is 15.8 Å². The molecule has 1 rings (SSSR count). The van der Waals surface area contributed by atoms with Gasteiger partial charge in [0.2, 0.25) is 0 Å². The molecule has 0 bridgehead atoms. The summed E-state index contributed by atoms with van der Waals surface area (Å²) in [5.41, 5.74) is -0.158. The summed E-state index contributed by atoms with van der Waals surface area (Å²) in [7, 11) is -2.40. The highest BCUT2D eigenvalue weighted by atomic mass is 32.2. The number of nitro groups is 1. The lowest BCUT2D eigenvalue weighted by molar-refractivity contribution is -0.385. The van der Waals surface area contributed by atoms with Gasteiger partial charge in [0.05, 0.1) is 24.9 Å². The smallest absolute Gasteiger partial charge is 0.311 e. The summed E-state index contributed by atoms with van der Waals surface area (Å²) < 4.78 is 30.8. The zero-order chi connectivity index (χ0) is 14.6. The fourth-order valence-corrected chi connectivity index (χ4v) is 1.72. The molecule has 1 atom stereocenters. The van der Waals surface area contributed by atoms with Crippen molar-refractivity contribution in [2.45, 2.75) is 6.10 Å². The van der Waals surface area contributed by atoms with Crippen molar-refractivity contribution in [3.8, 4) is 5.75 Å². The van der Waals surface area contributed by atoms with E-state index in [1.54, 1.807) is 0 Å². The number of nitro benzene ring substituents is 1. The summed E-state index contributed by atoms with van der Waals surface area (Å²) in [5.74, 6) is 0.0463. The maximum atomic E-state index is 10.8. The van der Waals surface area contributed by atoms with Crippen molar-refractivity contribution in [2.75, 3.05) is 20.0 Å². The monoisotopic (exact) mass is 291 g/mol. The molecule has 19 heavy (non-hydrogen) atoms. The van der Waals surface area contributed by atoms with Crippen LogP contribution in [0.1, 0.15) is 11.7 Å². The molecule has 0 spiro atoms. The van der Waals surface area contributed by atoms with Crippen LogP contribution in [-0.4, -0.2) is 38.4 Å². The van der Waals surface area contributed by atoms with Gasteiger partial charge in [0, 0.05) is 6.07 Å². The molecule has 9 heteroatoms. The Kier molecular flexibility index (Phi) is 4.81. The molecule has 0 fully saturated rings. The fraction of sp³-hybridized carbons (Fsp3) is 0.400. The average molecular weight is 291 g/mol. The number of hydrogen-bond acceptors (Lipinski definition) is 7. The molecule has 0 heterocycles. The summed E-state index contributed by atoms with van der Waals surface area (Å²) in [6.45, 7) is -0.512. The quantitative estimate of drug-likeness (QED) is 0.463. The summed E-state index contributed by atoms with van der Waals surface area (Å²) in [6, 6.07) is 3.81. The van der Waals surface area contributed by atoms with Crippen molar-refractivity contribution in [3.63, 3.8) is 0 Å². The van der Waals surface area contributed by atoms with E-state index in [9.17, 15) is 23.6 Å². The van der Waals surface area contributed by atoms with Gasteiger partial charge in [-0.3, -0.25) is 14.3 Å². The van der Waals surface area contributed by atoms with E-state index in [0.29, 0.717) is 0 Å². The average Bonchev–Trinajstić information content (AvgIpc) is 2.34. The van der Waals surface area contributed by atoms with Crippen LogP contribution < -0.4 is 4.74 Å². The fourth-order valence-electron chi connectivity index (χ4n) is 1.34. The van der Waals surface area contributed by atoms with Gasteiger partial charge in [0.1, 0.15) is 6.10 Å². The Bertz CT molecular complexity index is 569. The van der Waals surface area contributed by atoms with E-state index in [2.05, 4.69) is 4.18 Å². The zero-order valence-electron chi connectivity index (χ0n) is 10.3. The number of nitrogens with zero attached hydrogens (tertiary/aromatic N) is 1. The van der Waals surface area contributed by atoms with Gasteiger partial charge in [-0.05, 0) is 11.6 Å². The molecule has 8 nitrogen and oxygen atoms in total. The first-order valence-electron chi connectivity index (χ1n) is 5.09. The number of rotatable bonds is 6. The van der Waals surface area contributed by atoms with Crippen molar-refractivity contribution in [3.05, 3.63) is 33.9 Å². The molecule has 1 N–H and O–H groups in total. The van der Waals surface area contributed by atoms with Crippen molar-refractivity contribution in [1.29, 1.82) is 0 Å². The molecular formula is C10H13NO7S. The molecule has 0 aromatic heterocycles. The minimum absolute atomic E-state index is 0.0463. The van der Waals surface area contributed by atoms with Crippen LogP contribution in [-0.2, 0) is 14.3 Å². The van der Waals surface area contributed by atoms with Gasteiger partial charge >= 0.3 is 5.69 Å². The minimum Gasteiger partial charge on any atom is -0.490 e. The second-order valence-electron chi connectivity index (χ2n) is 3.69. The van der Waals surface area contributed by atoms with Gasteiger partial charge in [-0.1, -0.05) is 6.07 Å². The molecule has 0 saturated heterocycles. The second kappa shape index (κ2) is 5.95. The van der Waals surface area contributed by atoms with E-state index in [-0.39, 0.29) is 17.0 Å². The third-order valence-electron chi connectivity index (χ3n) is 2.22. The van der Waals surface area contributed by atoms with Gasteiger partial charge < -0.3 is 9.84 Å². The highest BCUT2D eigenvalue weighted by Gasteiger charge is 2.19. The number of ether oxygens (including phenoxy) is 1. The van der Waals surface area contributed by atoms with Crippen LogP contribution in [0.15, 0.2) is 18.2 Å². The second-order valence-corrected chi connectivity index (χ2v) is 5.34. The molecule has 1 aromatic carbocycles. The van der Waals surface area contributed by atoms with Crippen molar-refractivity contribution in [1.82, 2.24) is 0 Å².